The van der Waals surface area contributed by atoms with Crippen LogP contribution in [0.2, 0.25) is 0 Å². The van der Waals surface area contributed by atoms with Crippen molar-refractivity contribution >= 4 is 0 Å². The summed E-state index contributed by atoms with van der Waals surface area (Å²) in [4.78, 5) is 4.10. The second-order valence-electron chi connectivity index (χ2n) is 3.28. The second-order valence-corrected chi connectivity index (χ2v) is 3.28. The van der Waals surface area contributed by atoms with Gasteiger partial charge in [0.15, 0.2) is 0 Å². The SMILES string of the molecule is CC.CC.CCc1ccccn1.CCc1ccnnc1. The van der Waals surface area contributed by atoms with E-state index in [1.165, 1.54) is 5.56 Å². The zero-order chi connectivity index (χ0) is 15.6. The Morgan fingerprint density at radius 3 is 1.80 bits per heavy atom. The number of rotatable bonds is 2. The molecule has 2 rings (SSSR count). The Bertz CT molecular complexity index is 334. The van der Waals surface area contributed by atoms with E-state index in [1.54, 1.807) is 12.4 Å². The monoisotopic (exact) mass is 275 g/mol. The zero-order valence-corrected chi connectivity index (χ0v) is 13.8. The number of aromatic nitrogens is 3. The van der Waals surface area contributed by atoms with Gasteiger partial charge >= 0.3 is 0 Å². The highest BCUT2D eigenvalue weighted by Gasteiger charge is 1.82. The summed E-state index contributed by atoms with van der Waals surface area (Å²) in [7, 11) is 0. The zero-order valence-electron chi connectivity index (χ0n) is 13.8. The predicted molar refractivity (Wildman–Crippen MR) is 87.7 cm³/mol. The summed E-state index contributed by atoms with van der Waals surface area (Å²) >= 11 is 0. The lowest BCUT2D eigenvalue weighted by molar-refractivity contribution is 0.983. The maximum absolute atomic E-state index is 4.10. The van der Waals surface area contributed by atoms with Crippen molar-refractivity contribution in [2.24, 2.45) is 0 Å². The van der Waals surface area contributed by atoms with Crippen molar-refractivity contribution in [3.05, 3.63) is 54.1 Å². The van der Waals surface area contributed by atoms with Crippen LogP contribution in [-0.4, -0.2) is 15.2 Å². The van der Waals surface area contributed by atoms with Gasteiger partial charge in [-0.1, -0.05) is 47.6 Å². The maximum Gasteiger partial charge on any atom is 0.0528 e. The normalized spacial score (nSPS) is 7.90. The molecule has 0 amide bonds. The Labute approximate surface area is 124 Å². The maximum atomic E-state index is 4.10. The van der Waals surface area contributed by atoms with Gasteiger partial charge in [-0.15, -0.1) is 0 Å². The van der Waals surface area contributed by atoms with E-state index < -0.39 is 0 Å². The molecule has 0 N–H and O–H groups in total. The molecule has 0 unspecified atom stereocenters. The molecule has 0 fully saturated rings. The van der Waals surface area contributed by atoms with Gasteiger partial charge in [0.2, 0.25) is 0 Å². The van der Waals surface area contributed by atoms with Gasteiger partial charge in [0.05, 0.1) is 6.20 Å². The molecule has 0 atom stereocenters. The van der Waals surface area contributed by atoms with Crippen LogP contribution in [0.3, 0.4) is 0 Å². The molecule has 0 bridgehead atoms. The van der Waals surface area contributed by atoms with Gasteiger partial charge < -0.3 is 0 Å². The highest BCUT2D eigenvalue weighted by Crippen LogP contribution is 1.92. The first-order valence-corrected chi connectivity index (χ1v) is 7.52. The van der Waals surface area contributed by atoms with E-state index in [4.69, 9.17) is 0 Å². The summed E-state index contributed by atoms with van der Waals surface area (Å²) < 4.78 is 0. The molecule has 20 heavy (non-hydrogen) atoms. The van der Waals surface area contributed by atoms with Gasteiger partial charge in [0.25, 0.3) is 0 Å². The van der Waals surface area contributed by atoms with Crippen molar-refractivity contribution in [3.8, 4) is 0 Å². The fraction of sp³-hybridized carbons (Fsp3) is 0.471. The lowest BCUT2D eigenvalue weighted by atomic mass is 10.2. The summed E-state index contributed by atoms with van der Waals surface area (Å²) in [6, 6.07) is 7.93. The summed E-state index contributed by atoms with van der Waals surface area (Å²) in [6.07, 6.45) is 7.37. The van der Waals surface area contributed by atoms with Crippen LogP contribution in [-0.2, 0) is 12.8 Å². The van der Waals surface area contributed by atoms with Gasteiger partial charge in [-0.2, -0.15) is 10.2 Å². The molecular formula is C17H29N3. The Morgan fingerprint density at radius 1 is 0.800 bits per heavy atom. The van der Waals surface area contributed by atoms with E-state index in [0.717, 1.165) is 18.5 Å². The summed E-state index contributed by atoms with van der Waals surface area (Å²) in [5, 5.41) is 7.35. The third kappa shape index (κ3) is 11.3. The van der Waals surface area contributed by atoms with Crippen molar-refractivity contribution in [2.75, 3.05) is 0 Å². The Balaban J connectivity index is 0. The van der Waals surface area contributed by atoms with Crippen molar-refractivity contribution < 1.29 is 0 Å². The average Bonchev–Trinajstić information content (AvgIpc) is 2.60. The highest BCUT2D eigenvalue weighted by molar-refractivity contribution is 5.04. The number of hydrogen-bond acceptors (Lipinski definition) is 3. The topological polar surface area (TPSA) is 38.7 Å². The molecule has 0 aliphatic heterocycles. The fourth-order valence-electron chi connectivity index (χ4n) is 1.13. The molecule has 0 saturated carbocycles. The number of pyridine rings is 1. The van der Waals surface area contributed by atoms with Crippen molar-refractivity contribution in [1.82, 2.24) is 15.2 Å². The lowest BCUT2D eigenvalue weighted by Gasteiger charge is -1.88. The molecular weight excluding hydrogens is 246 g/mol. The molecule has 112 valence electrons. The van der Waals surface area contributed by atoms with E-state index in [1.807, 2.05) is 58.2 Å². The molecule has 0 aliphatic rings. The summed E-state index contributed by atoms with van der Waals surface area (Å²) in [6.45, 7) is 12.2. The third-order valence-electron chi connectivity index (χ3n) is 2.14. The molecule has 0 saturated heterocycles. The smallest absolute Gasteiger partial charge is 0.0528 e. The quantitative estimate of drug-likeness (QED) is 0.795. The van der Waals surface area contributed by atoms with Crippen LogP contribution >= 0.6 is 0 Å². The van der Waals surface area contributed by atoms with Gasteiger partial charge in [-0.25, -0.2) is 0 Å². The van der Waals surface area contributed by atoms with Gasteiger partial charge in [0.1, 0.15) is 0 Å². The van der Waals surface area contributed by atoms with Crippen LogP contribution in [0.4, 0.5) is 0 Å². The number of aryl methyl sites for hydroxylation is 2. The molecule has 3 heteroatoms. The molecule has 0 aliphatic carbocycles. The van der Waals surface area contributed by atoms with Crippen LogP contribution in [0.1, 0.15) is 52.8 Å². The van der Waals surface area contributed by atoms with Crippen LogP contribution < -0.4 is 0 Å². The van der Waals surface area contributed by atoms with Gasteiger partial charge in [-0.05, 0) is 36.6 Å². The second kappa shape index (κ2) is 17.2. The van der Waals surface area contributed by atoms with Gasteiger partial charge in [0, 0.05) is 18.1 Å². The van der Waals surface area contributed by atoms with E-state index in [0.29, 0.717) is 0 Å². The van der Waals surface area contributed by atoms with E-state index in [2.05, 4.69) is 29.0 Å². The van der Waals surface area contributed by atoms with Crippen molar-refractivity contribution in [3.63, 3.8) is 0 Å². The van der Waals surface area contributed by atoms with Crippen molar-refractivity contribution in [1.29, 1.82) is 0 Å². The largest absolute Gasteiger partial charge is 0.261 e. The molecule has 0 aromatic carbocycles. The van der Waals surface area contributed by atoms with Gasteiger partial charge in [-0.3, -0.25) is 4.98 Å². The minimum Gasteiger partial charge on any atom is -0.261 e. The van der Waals surface area contributed by atoms with Crippen molar-refractivity contribution in [2.45, 2.75) is 54.4 Å². The number of nitrogens with zero attached hydrogens (tertiary/aromatic N) is 3. The van der Waals surface area contributed by atoms with Crippen LogP contribution in [0, 0.1) is 0 Å². The Kier molecular flexibility index (Phi) is 17.7. The summed E-state index contributed by atoms with van der Waals surface area (Å²) in [5.41, 5.74) is 2.40. The van der Waals surface area contributed by atoms with E-state index >= 15 is 0 Å². The first-order chi connectivity index (χ1) is 9.86. The van der Waals surface area contributed by atoms with Crippen LogP contribution in [0.25, 0.3) is 0 Å². The number of hydrogen-bond donors (Lipinski definition) is 0. The van der Waals surface area contributed by atoms with E-state index in [9.17, 15) is 0 Å². The Hall–Kier alpha value is -1.77. The molecule has 2 aromatic heterocycles. The summed E-state index contributed by atoms with van der Waals surface area (Å²) in [5.74, 6) is 0. The molecule has 0 spiro atoms. The highest BCUT2D eigenvalue weighted by atomic mass is 15.1. The van der Waals surface area contributed by atoms with Crippen LogP contribution in [0.5, 0.6) is 0 Å². The molecule has 0 radical (unpaired) electrons. The van der Waals surface area contributed by atoms with E-state index in [-0.39, 0.29) is 0 Å². The average molecular weight is 275 g/mol. The molecule has 3 nitrogen and oxygen atoms in total. The Morgan fingerprint density at radius 2 is 1.50 bits per heavy atom. The lowest BCUT2D eigenvalue weighted by Crippen LogP contribution is -1.82. The van der Waals surface area contributed by atoms with Crippen LogP contribution in [0.15, 0.2) is 42.9 Å². The predicted octanol–water partition coefficient (Wildman–Crippen LogP) is 4.74. The minimum absolute atomic E-state index is 1.03. The molecule has 2 aromatic rings. The standard InChI is InChI=1S/C7H9N.C6H8N2.2C2H6/c1-2-7-5-3-4-6-8-7;1-2-6-3-4-7-8-5-6;2*1-2/h3-6H,2H2,1H3;3-5H,2H2,1H3;2*1-2H3. The first kappa shape index (κ1) is 20.5. The minimum atomic E-state index is 1.03. The molecule has 2 heterocycles. The fourth-order valence-corrected chi connectivity index (χ4v) is 1.13. The third-order valence-corrected chi connectivity index (χ3v) is 2.14. The first-order valence-electron chi connectivity index (χ1n) is 7.52.